The van der Waals surface area contributed by atoms with Crippen LogP contribution in [0.15, 0.2) is 36.4 Å². The Morgan fingerprint density at radius 1 is 0.596 bits per heavy atom. The highest BCUT2D eigenvalue weighted by Gasteiger charge is 2.49. The van der Waals surface area contributed by atoms with Gasteiger partial charge in [-0.1, -0.05) is 12.1 Å². The van der Waals surface area contributed by atoms with Crippen molar-refractivity contribution in [1.82, 2.24) is 0 Å². The van der Waals surface area contributed by atoms with Crippen LogP contribution in [-0.4, -0.2) is 134 Å². The van der Waals surface area contributed by atoms with Crippen LogP contribution >= 0.6 is 0 Å². The second-order valence-electron chi connectivity index (χ2n) is 12.1. The minimum absolute atomic E-state index is 0.0708. The third-order valence-electron chi connectivity index (χ3n) is 9.31. The molecule has 13 atom stereocenters. The van der Waals surface area contributed by atoms with Crippen molar-refractivity contribution < 1.29 is 73.3 Å². The van der Waals surface area contributed by atoms with E-state index in [9.17, 15) is 30.6 Å². The molecule has 0 amide bonds. The van der Waals surface area contributed by atoms with Crippen molar-refractivity contribution in [2.24, 2.45) is 11.8 Å². The summed E-state index contributed by atoms with van der Waals surface area (Å²) in [7, 11) is 4.64. The zero-order valence-corrected chi connectivity index (χ0v) is 26.2. The molecule has 15 heteroatoms. The molecule has 260 valence electrons. The summed E-state index contributed by atoms with van der Waals surface area (Å²) in [6.45, 7) is 0.296. The predicted octanol–water partition coefficient (Wildman–Crippen LogP) is -0.570. The van der Waals surface area contributed by atoms with Crippen LogP contribution in [0.1, 0.15) is 23.3 Å². The largest absolute Gasteiger partial charge is 0.493 e. The van der Waals surface area contributed by atoms with Crippen LogP contribution in [0.4, 0.5) is 0 Å². The summed E-state index contributed by atoms with van der Waals surface area (Å²) in [5, 5.41) is 61.4. The molecule has 2 aromatic carbocycles. The summed E-state index contributed by atoms with van der Waals surface area (Å²) in [5.74, 6) is 1.95. The highest BCUT2D eigenvalue weighted by molar-refractivity contribution is 5.45. The molecule has 4 fully saturated rings. The molecule has 0 saturated carbocycles. The molecule has 4 aliphatic heterocycles. The van der Waals surface area contributed by atoms with Crippen molar-refractivity contribution in [1.29, 1.82) is 0 Å². The van der Waals surface area contributed by atoms with E-state index < -0.39 is 61.9 Å². The highest BCUT2D eigenvalue weighted by Crippen LogP contribution is 2.51. The first-order valence-electron chi connectivity index (χ1n) is 15.4. The van der Waals surface area contributed by atoms with Gasteiger partial charge in [-0.05, 0) is 35.4 Å². The van der Waals surface area contributed by atoms with Gasteiger partial charge in [0.1, 0.15) is 42.7 Å². The Kier molecular flexibility index (Phi) is 10.4. The Labute approximate surface area is 271 Å². The van der Waals surface area contributed by atoms with Gasteiger partial charge in [-0.3, -0.25) is 0 Å². The van der Waals surface area contributed by atoms with Crippen LogP contribution in [0.3, 0.4) is 0 Å². The fourth-order valence-electron chi connectivity index (χ4n) is 6.62. The van der Waals surface area contributed by atoms with Crippen molar-refractivity contribution in [2.45, 2.75) is 67.5 Å². The normalized spacial score (nSPS) is 38.5. The van der Waals surface area contributed by atoms with Crippen molar-refractivity contribution in [2.75, 3.05) is 47.8 Å². The number of aliphatic hydroxyl groups excluding tert-OH is 6. The third kappa shape index (κ3) is 6.63. The van der Waals surface area contributed by atoms with Crippen LogP contribution in [-0.2, 0) is 23.7 Å². The van der Waals surface area contributed by atoms with E-state index >= 15 is 0 Å². The SMILES string of the molecule is COc1ccc(C2OCC3C(c4ccc(OC5OC(COC6OCC(O)C(O)C6O)C(O)C(O)C5O)c(OC)c4)OCC23)cc1OC. The number of fused-ring (bicyclic) bond motifs is 1. The lowest BCUT2D eigenvalue weighted by molar-refractivity contribution is -0.307. The summed E-state index contributed by atoms with van der Waals surface area (Å²) < 4.78 is 51.4. The van der Waals surface area contributed by atoms with Gasteiger partial charge < -0.3 is 73.3 Å². The van der Waals surface area contributed by atoms with E-state index in [1.165, 1.54) is 7.11 Å². The quantitative estimate of drug-likeness (QED) is 0.188. The van der Waals surface area contributed by atoms with Gasteiger partial charge in [0.05, 0.1) is 60.0 Å². The van der Waals surface area contributed by atoms with E-state index in [4.69, 9.17) is 42.6 Å². The maximum Gasteiger partial charge on any atom is 0.229 e. The second-order valence-corrected chi connectivity index (χ2v) is 12.1. The number of aliphatic hydroxyl groups is 6. The molecule has 4 aliphatic rings. The second kappa shape index (κ2) is 14.4. The van der Waals surface area contributed by atoms with Crippen LogP contribution in [0.25, 0.3) is 0 Å². The average Bonchev–Trinajstić information content (AvgIpc) is 3.70. The summed E-state index contributed by atoms with van der Waals surface area (Å²) in [6, 6.07) is 11.0. The standard InChI is InChI=1S/C32H42O15/c1-39-19-6-4-14(8-21(19)40-2)29-16-10-43-30(17(16)11-42-29)15-5-7-20(22(9-15)41-3)46-32-28(38)26(36)25(35)23(47-32)13-45-31-27(37)24(34)18(33)12-44-31/h4-9,16-18,23-38H,10-13H2,1-3H3. The molecule has 13 unspecified atom stereocenters. The van der Waals surface area contributed by atoms with Crippen LogP contribution in [0, 0.1) is 11.8 Å². The van der Waals surface area contributed by atoms with Crippen molar-refractivity contribution in [3.05, 3.63) is 47.5 Å². The number of rotatable bonds is 10. The topological polar surface area (TPSA) is 204 Å². The molecule has 0 aromatic heterocycles. The molecule has 6 rings (SSSR count). The first kappa shape index (κ1) is 34.1. The summed E-state index contributed by atoms with van der Waals surface area (Å²) in [5.41, 5.74) is 1.81. The number of hydrogen-bond acceptors (Lipinski definition) is 15. The van der Waals surface area contributed by atoms with Crippen LogP contribution in [0.5, 0.6) is 23.0 Å². The van der Waals surface area contributed by atoms with Gasteiger partial charge in [0.2, 0.25) is 6.29 Å². The van der Waals surface area contributed by atoms with Crippen molar-refractivity contribution in [3.63, 3.8) is 0 Å². The van der Waals surface area contributed by atoms with Crippen molar-refractivity contribution >= 4 is 0 Å². The number of benzene rings is 2. The maximum atomic E-state index is 10.7. The lowest BCUT2D eigenvalue weighted by Crippen LogP contribution is -2.61. The predicted molar refractivity (Wildman–Crippen MR) is 158 cm³/mol. The van der Waals surface area contributed by atoms with Gasteiger partial charge in [-0.2, -0.15) is 0 Å². The molecular formula is C32H42O15. The molecule has 0 spiro atoms. The number of ether oxygens (including phenoxy) is 9. The summed E-state index contributed by atoms with van der Waals surface area (Å²) in [4.78, 5) is 0. The van der Waals surface area contributed by atoms with E-state index in [-0.39, 0.29) is 36.4 Å². The third-order valence-corrected chi connectivity index (χ3v) is 9.31. The van der Waals surface area contributed by atoms with E-state index in [1.54, 1.807) is 26.4 Å². The molecule has 2 aromatic rings. The van der Waals surface area contributed by atoms with Gasteiger partial charge in [0, 0.05) is 11.8 Å². The number of hydrogen-bond donors (Lipinski definition) is 6. The molecule has 47 heavy (non-hydrogen) atoms. The molecular weight excluding hydrogens is 624 g/mol. The van der Waals surface area contributed by atoms with E-state index in [1.807, 2.05) is 24.3 Å². The number of methoxy groups -OCH3 is 3. The molecule has 0 radical (unpaired) electrons. The Morgan fingerprint density at radius 3 is 1.74 bits per heavy atom. The first-order chi connectivity index (χ1) is 22.6. The molecule has 6 N–H and O–H groups in total. The zero-order chi connectivity index (χ0) is 33.4. The minimum atomic E-state index is -1.66. The van der Waals surface area contributed by atoms with Crippen LogP contribution in [0.2, 0.25) is 0 Å². The lowest BCUT2D eigenvalue weighted by atomic mass is 9.85. The molecule has 4 heterocycles. The van der Waals surface area contributed by atoms with Crippen LogP contribution < -0.4 is 18.9 Å². The molecule has 15 nitrogen and oxygen atoms in total. The average molecular weight is 667 g/mol. The smallest absolute Gasteiger partial charge is 0.229 e. The van der Waals surface area contributed by atoms with Gasteiger partial charge >= 0.3 is 0 Å². The summed E-state index contributed by atoms with van der Waals surface area (Å²) in [6.07, 6.45) is -13.6. The molecule has 0 bridgehead atoms. The monoisotopic (exact) mass is 666 g/mol. The van der Waals surface area contributed by atoms with Gasteiger partial charge in [-0.25, -0.2) is 0 Å². The molecule has 0 aliphatic carbocycles. The van der Waals surface area contributed by atoms with E-state index in [2.05, 4.69) is 0 Å². The Balaban J connectivity index is 1.12. The van der Waals surface area contributed by atoms with E-state index in [0.717, 1.165) is 11.1 Å². The fourth-order valence-corrected chi connectivity index (χ4v) is 6.62. The van der Waals surface area contributed by atoms with Gasteiger partial charge in [0.15, 0.2) is 29.3 Å². The lowest BCUT2D eigenvalue weighted by Gasteiger charge is -2.41. The van der Waals surface area contributed by atoms with Crippen molar-refractivity contribution in [3.8, 4) is 23.0 Å². The highest BCUT2D eigenvalue weighted by atomic mass is 16.7. The zero-order valence-electron chi connectivity index (χ0n) is 26.2. The van der Waals surface area contributed by atoms with E-state index in [0.29, 0.717) is 30.5 Å². The Hall–Kier alpha value is -2.80. The Morgan fingerprint density at radius 2 is 1.15 bits per heavy atom. The van der Waals surface area contributed by atoms with Gasteiger partial charge in [0.25, 0.3) is 0 Å². The fraction of sp³-hybridized carbons (Fsp3) is 0.625. The minimum Gasteiger partial charge on any atom is -0.493 e. The summed E-state index contributed by atoms with van der Waals surface area (Å²) >= 11 is 0. The maximum absolute atomic E-state index is 10.7. The Bertz CT molecular complexity index is 1360. The first-order valence-corrected chi connectivity index (χ1v) is 15.4. The molecule has 4 saturated heterocycles. The van der Waals surface area contributed by atoms with Gasteiger partial charge in [-0.15, -0.1) is 0 Å².